The Bertz CT molecular complexity index is 4900. The van der Waals surface area contributed by atoms with Crippen molar-refractivity contribution in [2.45, 2.75) is 6.92 Å². The van der Waals surface area contributed by atoms with Crippen LogP contribution in [-0.2, 0) is 0 Å². The van der Waals surface area contributed by atoms with Gasteiger partial charge in [-0.1, -0.05) is 231 Å². The lowest BCUT2D eigenvalue weighted by molar-refractivity contribution is 0.668. The van der Waals surface area contributed by atoms with E-state index in [-0.39, 0.29) is 0 Å². The molecule has 4 heteroatoms. The van der Waals surface area contributed by atoms with Gasteiger partial charge < -0.3 is 18.6 Å². The fourth-order valence-electron chi connectivity index (χ4n) is 12.4. The molecule has 15 rings (SSSR count). The van der Waals surface area contributed by atoms with E-state index in [0.29, 0.717) is 0 Å². The van der Waals surface area contributed by atoms with Gasteiger partial charge in [-0.15, -0.1) is 0 Å². The number of furan rings is 2. The molecule has 0 radical (unpaired) electrons. The number of anilines is 6. The summed E-state index contributed by atoms with van der Waals surface area (Å²) in [6.45, 7) is 6.93. The molecule has 2 heterocycles. The zero-order valence-electron chi connectivity index (χ0n) is 44.6. The van der Waals surface area contributed by atoms with Crippen LogP contribution in [0.2, 0.25) is 0 Å². The van der Waals surface area contributed by atoms with Crippen LogP contribution in [0.25, 0.3) is 116 Å². The van der Waals surface area contributed by atoms with Crippen LogP contribution in [0.3, 0.4) is 0 Å². The lowest BCUT2D eigenvalue weighted by Gasteiger charge is -2.31. The highest BCUT2D eigenvalue weighted by atomic mass is 16.3. The Morgan fingerprint density at radius 2 is 0.728 bits per heavy atom. The first-order valence-corrected chi connectivity index (χ1v) is 27.6. The topological polar surface area (TPSA) is 32.8 Å². The molecule has 0 bridgehead atoms. The molecule has 0 aliphatic rings. The Morgan fingerprint density at radius 3 is 1.23 bits per heavy atom. The Labute approximate surface area is 469 Å². The molecule has 81 heavy (non-hydrogen) atoms. The van der Waals surface area contributed by atoms with Crippen LogP contribution in [0.4, 0.5) is 34.1 Å². The summed E-state index contributed by atoms with van der Waals surface area (Å²) in [4.78, 5) is 4.84. The summed E-state index contributed by atoms with van der Waals surface area (Å²) in [7, 11) is 0. The van der Waals surface area contributed by atoms with Crippen molar-refractivity contribution in [1.82, 2.24) is 0 Å². The van der Waals surface area contributed by atoms with Gasteiger partial charge in [0.2, 0.25) is 0 Å². The van der Waals surface area contributed by atoms with Gasteiger partial charge in [-0.2, -0.15) is 0 Å². The van der Waals surface area contributed by atoms with Crippen LogP contribution in [0.1, 0.15) is 11.1 Å². The molecule has 0 amide bonds. The molecule has 0 fully saturated rings. The number of benzene rings is 13. The first-order chi connectivity index (χ1) is 40.1. The number of aryl methyl sites for hydroxylation is 1. The number of hydrogen-bond acceptors (Lipinski definition) is 4. The van der Waals surface area contributed by atoms with E-state index >= 15 is 0 Å². The van der Waals surface area contributed by atoms with E-state index in [1.807, 2.05) is 12.1 Å². The lowest BCUT2D eigenvalue weighted by atomic mass is 9.91. The maximum absolute atomic E-state index is 6.97. The van der Waals surface area contributed by atoms with E-state index in [9.17, 15) is 0 Å². The Hall–Kier alpha value is -10.7. The zero-order valence-corrected chi connectivity index (χ0v) is 44.6. The Morgan fingerprint density at radius 1 is 0.309 bits per heavy atom. The molecule has 4 nitrogen and oxygen atoms in total. The second kappa shape index (κ2) is 19.7. The highest BCUT2D eigenvalue weighted by molar-refractivity contribution is 6.21. The number of fused-ring (bicyclic) bond motifs is 9. The third kappa shape index (κ3) is 7.99. The molecule has 0 aliphatic heterocycles. The zero-order chi connectivity index (χ0) is 54.0. The highest BCUT2D eigenvalue weighted by Gasteiger charge is 2.28. The first-order valence-electron chi connectivity index (χ1n) is 27.6. The first kappa shape index (κ1) is 47.5. The molecule has 0 N–H and O–H groups in total. The van der Waals surface area contributed by atoms with E-state index in [4.69, 9.17) is 15.4 Å². The van der Waals surface area contributed by atoms with E-state index in [1.165, 1.54) is 0 Å². The van der Waals surface area contributed by atoms with Crippen LogP contribution in [0.15, 0.2) is 294 Å². The molecule has 0 saturated heterocycles. The van der Waals surface area contributed by atoms with Crippen LogP contribution in [0, 0.1) is 6.92 Å². The van der Waals surface area contributed by atoms with Gasteiger partial charge in [0, 0.05) is 43.6 Å². The quantitative estimate of drug-likeness (QED) is 0.121. The minimum atomic E-state index is 0.805. The van der Waals surface area contributed by atoms with E-state index in [1.54, 1.807) is 0 Å². The fourth-order valence-corrected chi connectivity index (χ4v) is 12.4. The predicted octanol–water partition coefficient (Wildman–Crippen LogP) is 22.4. The molecular weight excluding hydrogens is 985 g/mol. The van der Waals surface area contributed by atoms with E-state index in [0.717, 1.165) is 155 Å². The van der Waals surface area contributed by atoms with Crippen molar-refractivity contribution in [2.24, 2.45) is 0 Å². The highest BCUT2D eigenvalue weighted by Crippen LogP contribution is 2.52. The monoisotopic (exact) mass is 1040 g/mol. The van der Waals surface area contributed by atoms with Crippen LogP contribution in [-0.4, -0.2) is 0 Å². The minimum Gasteiger partial charge on any atom is -0.454 e. The number of rotatable bonds is 11. The SMILES string of the molecule is C=Cc1c(N(c2ccc(-c3ccccc3)cc2-c2ccccc2)c2cccc3c2oc2ccccc23)ccc2ccc3c(N(c4ccc(-c5ccccc5)cc4-c4ccccc4)c4cccc5c4oc4ccccc45)ccc(C)c3c12. The van der Waals surface area contributed by atoms with Crippen LogP contribution < -0.4 is 9.80 Å². The van der Waals surface area contributed by atoms with Gasteiger partial charge in [0.05, 0.1) is 34.1 Å². The van der Waals surface area contributed by atoms with Gasteiger partial charge in [-0.3, -0.25) is 0 Å². The third-order valence-corrected chi connectivity index (χ3v) is 16.2. The molecule has 0 unspecified atom stereocenters. The molecule has 0 aliphatic carbocycles. The van der Waals surface area contributed by atoms with Gasteiger partial charge in [0.15, 0.2) is 11.2 Å². The summed E-state index contributed by atoms with van der Waals surface area (Å²) in [6.07, 6.45) is 2.05. The van der Waals surface area contributed by atoms with Crippen LogP contribution in [0.5, 0.6) is 0 Å². The second-order valence-corrected chi connectivity index (χ2v) is 20.8. The molecule has 0 atom stereocenters. The molecule has 15 aromatic rings. The third-order valence-electron chi connectivity index (χ3n) is 16.2. The summed E-state index contributed by atoms with van der Waals surface area (Å²) in [5.74, 6) is 0. The fraction of sp³-hybridized carbons (Fsp3) is 0.0130. The van der Waals surface area contributed by atoms with Gasteiger partial charge in [0.1, 0.15) is 11.2 Å². The molecule has 2 aromatic heterocycles. The average Bonchev–Trinajstić information content (AvgIpc) is 4.16. The minimum absolute atomic E-state index is 0.805. The average molecular weight is 1040 g/mol. The smallest absolute Gasteiger partial charge is 0.159 e. The standard InChI is InChI=1S/C77H52N2O2/c1-3-58-66(78(70-34-20-32-61-59-30-16-18-36-72(59)80-76(61)70)68-46-41-56(51-22-8-4-9-23-51)48-64(68)53-26-12-6-13-27-53)45-40-55-39-43-63-67(44-38-50(2)74(63)75(55)58)79(71-35-21-33-62-60-31-17-19-37-73(60)81-77(62)71)69-47-42-57(52-24-10-5-11-25-52)49-65(69)54-28-14-7-15-29-54/h3-49H,1H2,2H3. The molecule has 0 saturated carbocycles. The van der Waals surface area contributed by atoms with Crippen molar-refractivity contribution >= 4 is 106 Å². The maximum atomic E-state index is 6.97. The predicted molar refractivity (Wildman–Crippen MR) is 342 cm³/mol. The summed E-state index contributed by atoms with van der Waals surface area (Å²) >= 11 is 0. The number of hydrogen-bond donors (Lipinski definition) is 0. The Balaban J connectivity index is 1.03. The molecule has 0 spiro atoms. The van der Waals surface area contributed by atoms with Gasteiger partial charge in [-0.25, -0.2) is 0 Å². The van der Waals surface area contributed by atoms with Crippen molar-refractivity contribution in [1.29, 1.82) is 0 Å². The number of nitrogens with zero attached hydrogens (tertiary/aromatic N) is 2. The maximum Gasteiger partial charge on any atom is 0.159 e. The summed E-state index contributed by atoms with van der Waals surface area (Å²) in [6, 6.07) is 99.9. The molecule has 382 valence electrons. The summed E-state index contributed by atoms with van der Waals surface area (Å²) in [5.41, 5.74) is 20.3. The normalized spacial score (nSPS) is 11.6. The Kier molecular flexibility index (Phi) is 11.5. The lowest BCUT2D eigenvalue weighted by Crippen LogP contribution is -2.14. The largest absolute Gasteiger partial charge is 0.454 e. The van der Waals surface area contributed by atoms with Gasteiger partial charge in [0.25, 0.3) is 0 Å². The summed E-state index contributed by atoms with van der Waals surface area (Å²) in [5, 5.41) is 8.69. The molecule has 13 aromatic carbocycles. The van der Waals surface area contributed by atoms with Crippen LogP contribution >= 0.6 is 0 Å². The molecular formula is C77H52N2O2. The summed E-state index contributed by atoms with van der Waals surface area (Å²) < 4.78 is 13.9. The van der Waals surface area contributed by atoms with E-state index < -0.39 is 0 Å². The van der Waals surface area contributed by atoms with Gasteiger partial charge in [-0.05, 0) is 123 Å². The van der Waals surface area contributed by atoms with Crippen molar-refractivity contribution < 1.29 is 8.83 Å². The van der Waals surface area contributed by atoms with Gasteiger partial charge >= 0.3 is 0 Å². The van der Waals surface area contributed by atoms with Crippen molar-refractivity contribution in [2.75, 3.05) is 9.80 Å². The van der Waals surface area contributed by atoms with Crippen molar-refractivity contribution in [3.63, 3.8) is 0 Å². The second-order valence-electron chi connectivity index (χ2n) is 20.8. The van der Waals surface area contributed by atoms with Crippen molar-refractivity contribution in [3.05, 3.63) is 297 Å². The van der Waals surface area contributed by atoms with Crippen molar-refractivity contribution in [3.8, 4) is 44.5 Å². The number of para-hydroxylation sites is 4. The van der Waals surface area contributed by atoms with E-state index in [2.05, 4.69) is 290 Å².